The second kappa shape index (κ2) is 7.41. The summed E-state index contributed by atoms with van der Waals surface area (Å²) in [6.45, 7) is 0.571. The molecule has 0 aromatic heterocycles. The first kappa shape index (κ1) is 17.6. The minimum atomic E-state index is -0.160. The normalized spacial score (nSPS) is 12.6. The van der Waals surface area contributed by atoms with Crippen LogP contribution in [0, 0.1) is 0 Å². The number of aryl methyl sites for hydroxylation is 1. The Hall–Kier alpha value is -2.85. The SMILES string of the molecule is O=C(CN1C(=O)c2cccc3cccc1c23)NCCCc1ccccc1Cl. The smallest absolute Gasteiger partial charge is 0.259 e. The van der Waals surface area contributed by atoms with E-state index in [1.807, 2.05) is 60.7 Å². The van der Waals surface area contributed by atoms with Gasteiger partial charge >= 0.3 is 0 Å². The zero-order valence-electron chi connectivity index (χ0n) is 14.7. The molecule has 0 radical (unpaired) electrons. The largest absolute Gasteiger partial charge is 0.355 e. The van der Waals surface area contributed by atoms with Crippen molar-refractivity contribution in [2.24, 2.45) is 0 Å². The molecular formula is C22H19ClN2O2. The van der Waals surface area contributed by atoms with Crippen LogP contribution < -0.4 is 10.2 Å². The molecule has 1 heterocycles. The molecule has 4 nitrogen and oxygen atoms in total. The van der Waals surface area contributed by atoms with Crippen LogP contribution in [0.3, 0.4) is 0 Å². The Morgan fingerprint density at radius 2 is 1.78 bits per heavy atom. The van der Waals surface area contributed by atoms with Crippen LogP contribution in [0.15, 0.2) is 60.7 Å². The van der Waals surface area contributed by atoms with Crippen molar-refractivity contribution in [1.82, 2.24) is 5.32 Å². The molecule has 0 unspecified atom stereocenters. The number of hydrogen-bond acceptors (Lipinski definition) is 2. The van der Waals surface area contributed by atoms with Crippen molar-refractivity contribution in [3.05, 3.63) is 76.8 Å². The molecule has 0 spiro atoms. The minimum Gasteiger partial charge on any atom is -0.355 e. The fraction of sp³-hybridized carbons (Fsp3) is 0.182. The van der Waals surface area contributed by atoms with Crippen LogP contribution in [0.4, 0.5) is 5.69 Å². The Balaban J connectivity index is 1.36. The molecule has 0 saturated carbocycles. The van der Waals surface area contributed by atoms with Gasteiger partial charge in [0.15, 0.2) is 0 Å². The predicted molar refractivity (Wildman–Crippen MR) is 108 cm³/mol. The van der Waals surface area contributed by atoms with Crippen molar-refractivity contribution >= 4 is 39.9 Å². The quantitative estimate of drug-likeness (QED) is 0.653. The summed E-state index contributed by atoms with van der Waals surface area (Å²) in [4.78, 5) is 26.6. The summed E-state index contributed by atoms with van der Waals surface area (Å²) in [5.41, 5.74) is 2.54. The van der Waals surface area contributed by atoms with Crippen molar-refractivity contribution in [3.63, 3.8) is 0 Å². The summed E-state index contributed by atoms with van der Waals surface area (Å²) in [5.74, 6) is -0.277. The van der Waals surface area contributed by atoms with Crippen LogP contribution in [0.1, 0.15) is 22.3 Å². The van der Waals surface area contributed by atoms with Crippen molar-refractivity contribution < 1.29 is 9.59 Å². The molecule has 136 valence electrons. The summed E-state index contributed by atoms with van der Waals surface area (Å²) < 4.78 is 0. The van der Waals surface area contributed by atoms with Gasteiger partial charge < -0.3 is 5.32 Å². The Morgan fingerprint density at radius 3 is 2.59 bits per heavy atom. The van der Waals surface area contributed by atoms with Crippen molar-refractivity contribution in [2.75, 3.05) is 18.0 Å². The lowest BCUT2D eigenvalue weighted by molar-refractivity contribution is -0.119. The monoisotopic (exact) mass is 378 g/mol. The van der Waals surface area contributed by atoms with E-state index in [0.29, 0.717) is 12.1 Å². The van der Waals surface area contributed by atoms with Gasteiger partial charge in [0.25, 0.3) is 5.91 Å². The number of hydrogen-bond donors (Lipinski definition) is 1. The summed E-state index contributed by atoms with van der Waals surface area (Å²) >= 11 is 6.15. The number of nitrogens with one attached hydrogen (secondary N) is 1. The van der Waals surface area contributed by atoms with Crippen molar-refractivity contribution in [1.29, 1.82) is 0 Å². The molecule has 27 heavy (non-hydrogen) atoms. The van der Waals surface area contributed by atoms with Gasteiger partial charge in [-0.2, -0.15) is 0 Å². The summed E-state index contributed by atoms with van der Waals surface area (Å²) in [6.07, 6.45) is 1.59. The molecular weight excluding hydrogens is 360 g/mol. The second-order valence-corrected chi connectivity index (χ2v) is 7.02. The molecule has 0 saturated heterocycles. The van der Waals surface area contributed by atoms with Gasteiger partial charge in [-0.05, 0) is 42.0 Å². The maximum atomic E-state index is 12.7. The molecule has 1 aliphatic heterocycles. The van der Waals surface area contributed by atoms with Gasteiger partial charge in [0, 0.05) is 22.5 Å². The van der Waals surface area contributed by atoms with Crippen LogP contribution in [0.25, 0.3) is 10.8 Å². The molecule has 5 heteroatoms. The molecule has 2 amide bonds. The summed E-state index contributed by atoms with van der Waals surface area (Å²) in [7, 11) is 0. The van der Waals surface area contributed by atoms with E-state index in [2.05, 4.69) is 5.32 Å². The van der Waals surface area contributed by atoms with Gasteiger partial charge in [0.2, 0.25) is 5.91 Å². The zero-order valence-corrected chi connectivity index (χ0v) is 15.5. The average Bonchev–Trinajstić information content (AvgIpc) is 2.95. The maximum Gasteiger partial charge on any atom is 0.259 e. The third-order valence-electron chi connectivity index (χ3n) is 4.85. The van der Waals surface area contributed by atoms with E-state index >= 15 is 0 Å². The lowest BCUT2D eigenvalue weighted by Crippen LogP contribution is -2.39. The Morgan fingerprint density at radius 1 is 1.00 bits per heavy atom. The maximum absolute atomic E-state index is 12.7. The first-order chi connectivity index (χ1) is 13.1. The Bertz CT molecular complexity index is 1030. The third-order valence-corrected chi connectivity index (χ3v) is 5.22. The van der Waals surface area contributed by atoms with Crippen LogP contribution in [0.2, 0.25) is 5.02 Å². The molecule has 0 fully saturated rings. The van der Waals surface area contributed by atoms with Crippen LogP contribution in [-0.4, -0.2) is 24.9 Å². The Labute approximate surface area is 162 Å². The number of carbonyl (C=O) groups is 2. The third kappa shape index (κ3) is 3.40. The molecule has 0 aliphatic carbocycles. The summed E-state index contributed by atoms with van der Waals surface area (Å²) in [5, 5.41) is 5.59. The van der Waals surface area contributed by atoms with Gasteiger partial charge in [-0.25, -0.2) is 0 Å². The van der Waals surface area contributed by atoms with Crippen LogP contribution in [0.5, 0.6) is 0 Å². The predicted octanol–water partition coefficient (Wildman–Crippen LogP) is 4.20. The number of carbonyl (C=O) groups excluding carboxylic acids is 2. The number of nitrogens with zero attached hydrogens (tertiary/aromatic N) is 1. The molecule has 1 aliphatic rings. The van der Waals surface area contributed by atoms with E-state index in [-0.39, 0.29) is 18.4 Å². The first-order valence-corrected chi connectivity index (χ1v) is 9.36. The highest BCUT2D eigenvalue weighted by atomic mass is 35.5. The summed E-state index contributed by atoms with van der Waals surface area (Å²) in [6, 6.07) is 19.2. The van der Waals surface area contributed by atoms with E-state index < -0.39 is 0 Å². The van der Waals surface area contributed by atoms with E-state index in [4.69, 9.17) is 11.6 Å². The minimum absolute atomic E-state index is 0.0265. The van der Waals surface area contributed by atoms with E-state index in [0.717, 1.165) is 39.9 Å². The molecule has 0 atom stereocenters. The van der Waals surface area contributed by atoms with Gasteiger partial charge in [-0.3, -0.25) is 14.5 Å². The zero-order chi connectivity index (χ0) is 18.8. The van der Waals surface area contributed by atoms with Crippen molar-refractivity contribution in [2.45, 2.75) is 12.8 Å². The van der Waals surface area contributed by atoms with Gasteiger partial charge in [0.1, 0.15) is 6.54 Å². The standard InChI is InChI=1S/C22H19ClN2O2/c23-18-11-2-1-6-15(18)9-5-13-24-20(26)14-25-19-12-4-8-16-7-3-10-17(21(16)19)22(25)27/h1-4,6-8,10-12H,5,9,13-14H2,(H,24,26). The highest BCUT2D eigenvalue weighted by Gasteiger charge is 2.30. The lowest BCUT2D eigenvalue weighted by Gasteiger charge is -2.17. The van der Waals surface area contributed by atoms with E-state index in [1.54, 1.807) is 4.90 Å². The average molecular weight is 379 g/mol. The highest BCUT2D eigenvalue weighted by Crippen LogP contribution is 2.36. The molecule has 3 aromatic rings. The second-order valence-electron chi connectivity index (χ2n) is 6.62. The fourth-order valence-electron chi connectivity index (χ4n) is 3.54. The van der Waals surface area contributed by atoms with E-state index in [1.165, 1.54) is 0 Å². The van der Waals surface area contributed by atoms with Gasteiger partial charge in [0.05, 0.1) is 5.69 Å². The van der Waals surface area contributed by atoms with Gasteiger partial charge in [-0.1, -0.05) is 54.1 Å². The topological polar surface area (TPSA) is 49.4 Å². The molecule has 4 rings (SSSR count). The fourth-order valence-corrected chi connectivity index (χ4v) is 3.77. The number of benzene rings is 3. The van der Waals surface area contributed by atoms with Crippen LogP contribution >= 0.6 is 11.6 Å². The van der Waals surface area contributed by atoms with E-state index in [9.17, 15) is 9.59 Å². The lowest BCUT2D eigenvalue weighted by atomic mass is 10.1. The first-order valence-electron chi connectivity index (χ1n) is 8.99. The number of anilines is 1. The number of amides is 2. The molecule has 0 bridgehead atoms. The number of rotatable bonds is 6. The number of halogens is 1. The molecule has 1 N–H and O–H groups in total. The Kier molecular flexibility index (Phi) is 4.82. The molecule has 3 aromatic carbocycles. The van der Waals surface area contributed by atoms with Crippen LogP contribution in [-0.2, 0) is 11.2 Å². The highest BCUT2D eigenvalue weighted by molar-refractivity contribution is 6.31. The van der Waals surface area contributed by atoms with Crippen molar-refractivity contribution in [3.8, 4) is 0 Å². The van der Waals surface area contributed by atoms with Gasteiger partial charge in [-0.15, -0.1) is 0 Å².